The minimum absolute atomic E-state index is 0.0257. The normalized spacial score (nSPS) is 10.1. The highest BCUT2D eigenvalue weighted by Crippen LogP contribution is 2.12. The van der Waals surface area contributed by atoms with Gasteiger partial charge in [0, 0.05) is 17.8 Å². The summed E-state index contributed by atoms with van der Waals surface area (Å²) in [5, 5.41) is 0. The molecule has 0 aromatic carbocycles. The summed E-state index contributed by atoms with van der Waals surface area (Å²) < 4.78 is 0. The molecule has 0 atom stereocenters. The highest BCUT2D eigenvalue weighted by molar-refractivity contribution is 5.55. The van der Waals surface area contributed by atoms with E-state index in [0.717, 1.165) is 0 Å². The number of nitrogen functional groups attached to an aromatic ring is 2. The first kappa shape index (κ1) is 9.13. The zero-order chi connectivity index (χ0) is 10.8. The molecule has 76 valence electrons. The van der Waals surface area contributed by atoms with Crippen molar-refractivity contribution in [2.45, 2.75) is 0 Å². The summed E-state index contributed by atoms with van der Waals surface area (Å²) in [5.41, 5.74) is 11.1. The Labute approximate surface area is 84.2 Å². The Kier molecular flexibility index (Phi) is 2.05. The van der Waals surface area contributed by atoms with E-state index in [-0.39, 0.29) is 23.3 Å². The van der Waals surface area contributed by atoms with E-state index in [1.54, 1.807) is 6.07 Å². The maximum Gasteiger partial charge on any atom is 0.248 e. The SMILES string of the molecule is Nc1nc(N)nc(-c2cc[nH]c(=O)c2)n1. The molecule has 0 saturated carbocycles. The number of hydrogen-bond acceptors (Lipinski definition) is 6. The lowest BCUT2D eigenvalue weighted by Crippen LogP contribution is -2.07. The number of anilines is 2. The molecule has 7 heteroatoms. The lowest BCUT2D eigenvalue weighted by atomic mass is 10.2. The topological polar surface area (TPSA) is 124 Å². The third kappa shape index (κ3) is 1.90. The number of aromatic amines is 1. The summed E-state index contributed by atoms with van der Waals surface area (Å²) in [4.78, 5) is 24.9. The van der Waals surface area contributed by atoms with Crippen LogP contribution in [-0.2, 0) is 0 Å². The summed E-state index contributed by atoms with van der Waals surface area (Å²) in [6.07, 6.45) is 1.49. The first-order valence-electron chi connectivity index (χ1n) is 4.11. The molecule has 0 aliphatic carbocycles. The van der Waals surface area contributed by atoms with Gasteiger partial charge in [-0.25, -0.2) is 0 Å². The number of nitrogens with two attached hydrogens (primary N) is 2. The molecular weight excluding hydrogens is 196 g/mol. The van der Waals surface area contributed by atoms with Gasteiger partial charge in [0.25, 0.3) is 0 Å². The van der Waals surface area contributed by atoms with E-state index >= 15 is 0 Å². The van der Waals surface area contributed by atoms with Crippen molar-refractivity contribution in [1.29, 1.82) is 0 Å². The Morgan fingerprint density at radius 2 is 1.80 bits per heavy atom. The van der Waals surface area contributed by atoms with Crippen molar-refractivity contribution in [3.63, 3.8) is 0 Å². The van der Waals surface area contributed by atoms with Crippen LogP contribution < -0.4 is 17.0 Å². The quantitative estimate of drug-likeness (QED) is 0.569. The summed E-state index contributed by atoms with van der Waals surface area (Å²) in [7, 11) is 0. The largest absolute Gasteiger partial charge is 0.368 e. The standard InChI is InChI=1S/C8H8N6O/c9-7-12-6(13-8(10)14-7)4-1-2-11-5(15)3-4/h1-3H,(H,11,15)(H4,9,10,12,13,14). The van der Waals surface area contributed by atoms with Crippen LogP contribution in [0.1, 0.15) is 0 Å². The summed E-state index contributed by atoms with van der Waals surface area (Å²) in [6, 6.07) is 3.00. The molecule has 0 aliphatic heterocycles. The molecule has 15 heavy (non-hydrogen) atoms. The van der Waals surface area contributed by atoms with Crippen molar-refractivity contribution >= 4 is 11.9 Å². The number of rotatable bonds is 1. The van der Waals surface area contributed by atoms with Gasteiger partial charge in [0.2, 0.25) is 17.5 Å². The van der Waals surface area contributed by atoms with Crippen molar-refractivity contribution in [2.75, 3.05) is 11.5 Å². The smallest absolute Gasteiger partial charge is 0.248 e. The molecule has 2 heterocycles. The molecule has 0 aliphatic rings. The molecule has 2 aromatic heterocycles. The number of hydrogen-bond donors (Lipinski definition) is 3. The second-order valence-electron chi connectivity index (χ2n) is 2.82. The number of aromatic nitrogens is 4. The van der Waals surface area contributed by atoms with E-state index in [1.807, 2.05) is 0 Å². The lowest BCUT2D eigenvalue weighted by molar-refractivity contribution is 1.08. The highest BCUT2D eigenvalue weighted by Gasteiger charge is 2.04. The first-order chi connectivity index (χ1) is 7.15. The molecule has 0 spiro atoms. The maximum atomic E-state index is 11.0. The van der Waals surface area contributed by atoms with Gasteiger partial charge in [0.05, 0.1) is 0 Å². The Morgan fingerprint density at radius 1 is 1.13 bits per heavy atom. The fraction of sp³-hybridized carbons (Fsp3) is 0. The third-order valence-corrected chi connectivity index (χ3v) is 1.70. The zero-order valence-electron chi connectivity index (χ0n) is 7.64. The second kappa shape index (κ2) is 3.37. The Bertz CT molecular complexity index is 529. The van der Waals surface area contributed by atoms with Gasteiger partial charge in [0.1, 0.15) is 0 Å². The predicted octanol–water partition coefficient (Wildman–Crippen LogP) is -0.609. The zero-order valence-corrected chi connectivity index (χ0v) is 7.64. The van der Waals surface area contributed by atoms with Crippen LogP contribution in [0.2, 0.25) is 0 Å². The van der Waals surface area contributed by atoms with E-state index in [1.165, 1.54) is 12.3 Å². The van der Waals surface area contributed by atoms with Crippen molar-refractivity contribution in [1.82, 2.24) is 19.9 Å². The number of nitrogens with zero attached hydrogens (tertiary/aromatic N) is 3. The van der Waals surface area contributed by atoms with Gasteiger partial charge in [-0.15, -0.1) is 0 Å². The molecule has 7 nitrogen and oxygen atoms in total. The fourth-order valence-corrected chi connectivity index (χ4v) is 1.12. The van der Waals surface area contributed by atoms with Gasteiger partial charge in [-0.05, 0) is 6.07 Å². The van der Waals surface area contributed by atoms with E-state index in [4.69, 9.17) is 11.5 Å². The van der Waals surface area contributed by atoms with Crippen LogP contribution >= 0.6 is 0 Å². The summed E-state index contributed by atoms with van der Waals surface area (Å²) in [6.45, 7) is 0. The Morgan fingerprint density at radius 3 is 2.40 bits per heavy atom. The predicted molar refractivity (Wildman–Crippen MR) is 54.7 cm³/mol. The van der Waals surface area contributed by atoms with E-state index < -0.39 is 0 Å². The van der Waals surface area contributed by atoms with Gasteiger partial charge in [-0.3, -0.25) is 4.79 Å². The first-order valence-corrected chi connectivity index (χ1v) is 4.11. The van der Waals surface area contributed by atoms with Crippen LogP contribution in [0.3, 0.4) is 0 Å². The number of H-pyrrole nitrogens is 1. The van der Waals surface area contributed by atoms with Crippen LogP contribution in [0.15, 0.2) is 23.1 Å². The number of nitrogens with one attached hydrogen (secondary N) is 1. The van der Waals surface area contributed by atoms with Crippen molar-refractivity contribution in [3.05, 3.63) is 28.7 Å². The molecular formula is C8H8N6O. The van der Waals surface area contributed by atoms with Gasteiger partial charge >= 0.3 is 0 Å². The molecule has 2 aromatic rings. The van der Waals surface area contributed by atoms with Crippen molar-refractivity contribution < 1.29 is 0 Å². The van der Waals surface area contributed by atoms with Crippen LogP contribution in [-0.4, -0.2) is 19.9 Å². The molecule has 5 N–H and O–H groups in total. The fourth-order valence-electron chi connectivity index (χ4n) is 1.12. The van der Waals surface area contributed by atoms with E-state index in [9.17, 15) is 4.79 Å². The summed E-state index contributed by atoms with van der Waals surface area (Å²) >= 11 is 0. The molecule has 0 amide bonds. The second-order valence-corrected chi connectivity index (χ2v) is 2.82. The Hall–Kier alpha value is -2.44. The number of pyridine rings is 1. The molecule has 0 radical (unpaired) electrons. The molecule has 0 saturated heterocycles. The van der Waals surface area contributed by atoms with Gasteiger partial charge in [-0.1, -0.05) is 0 Å². The van der Waals surface area contributed by atoms with Gasteiger partial charge in [-0.2, -0.15) is 15.0 Å². The maximum absolute atomic E-state index is 11.0. The van der Waals surface area contributed by atoms with Crippen molar-refractivity contribution in [2.24, 2.45) is 0 Å². The van der Waals surface area contributed by atoms with Crippen LogP contribution in [0.4, 0.5) is 11.9 Å². The van der Waals surface area contributed by atoms with Crippen LogP contribution in [0, 0.1) is 0 Å². The lowest BCUT2D eigenvalue weighted by Gasteiger charge is -2.00. The van der Waals surface area contributed by atoms with E-state index in [2.05, 4.69) is 19.9 Å². The molecule has 2 rings (SSSR count). The third-order valence-electron chi connectivity index (χ3n) is 1.70. The van der Waals surface area contributed by atoms with Crippen LogP contribution in [0.25, 0.3) is 11.4 Å². The average molecular weight is 204 g/mol. The Balaban J connectivity index is 2.58. The van der Waals surface area contributed by atoms with E-state index in [0.29, 0.717) is 5.56 Å². The molecule has 0 bridgehead atoms. The molecule has 0 fully saturated rings. The van der Waals surface area contributed by atoms with Crippen molar-refractivity contribution in [3.8, 4) is 11.4 Å². The minimum atomic E-state index is -0.245. The van der Waals surface area contributed by atoms with Gasteiger partial charge in [0.15, 0.2) is 5.82 Å². The monoisotopic (exact) mass is 204 g/mol. The van der Waals surface area contributed by atoms with Crippen LogP contribution in [0.5, 0.6) is 0 Å². The minimum Gasteiger partial charge on any atom is -0.368 e. The van der Waals surface area contributed by atoms with Gasteiger partial charge < -0.3 is 16.5 Å². The average Bonchev–Trinajstić information content (AvgIpc) is 2.16. The summed E-state index contributed by atoms with van der Waals surface area (Å²) in [5.74, 6) is 0.335. The molecule has 0 unspecified atom stereocenters. The highest BCUT2D eigenvalue weighted by atomic mass is 16.1.